The molecule has 1 amide bonds. The molecule has 31 heavy (non-hydrogen) atoms. The minimum atomic E-state index is -0.449. The van der Waals surface area contributed by atoms with Gasteiger partial charge >= 0.3 is 0 Å². The van der Waals surface area contributed by atoms with E-state index in [-0.39, 0.29) is 17.6 Å². The second-order valence-corrected chi connectivity index (χ2v) is 7.47. The molecule has 7 nitrogen and oxygen atoms in total. The van der Waals surface area contributed by atoms with Crippen molar-refractivity contribution in [2.45, 2.75) is 19.4 Å². The lowest BCUT2D eigenvalue weighted by Crippen LogP contribution is -2.30. The van der Waals surface area contributed by atoms with Crippen molar-refractivity contribution in [2.24, 2.45) is 7.05 Å². The van der Waals surface area contributed by atoms with Gasteiger partial charge in [0.25, 0.3) is 11.6 Å². The number of amides is 1. The summed E-state index contributed by atoms with van der Waals surface area (Å²) >= 11 is 0. The number of carbonyl (C=O) groups is 1. The van der Waals surface area contributed by atoms with Crippen molar-refractivity contribution < 1.29 is 9.72 Å². The fourth-order valence-corrected chi connectivity index (χ4v) is 3.74. The van der Waals surface area contributed by atoms with Gasteiger partial charge in [-0.3, -0.25) is 14.9 Å². The highest BCUT2D eigenvalue weighted by Crippen LogP contribution is 2.23. The number of para-hydroxylation sites is 2. The summed E-state index contributed by atoms with van der Waals surface area (Å²) < 4.78 is 2.04. The number of carbonyl (C=O) groups excluding carboxylic acids is 1. The smallest absolute Gasteiger partial charge is 0.272 e. The highest BCUT2D eigenvalue weighted by molar-refractivity contribution is 5.95. The highest BCUT2D eigenvalue weighted by Gasteiger charge is 2.21. The number of fused-ring (bicyclic) bond motifs is 1. The van der Waals surface area contributed by atoms with Crippen LogP contribution in [0.2, 0.25) is 0 Å². The summed E-state index contributed by atoms with van der Waals surface area (Å²) in [5.74, 6) is 0.570. The van der Waals surface area contributed by atoms with Crippen LogP contribution in [0.1, 0.15) is 33.4 Å². The molecule has 0 aliphatic rings. The molecule has 0 saturated carbocycles. The van der Waals surface area contributed by atoms with Crippen molar-refractivity contribution in [2.75, 3.05) is 0 Å². The van der Waals surface area contributed by atoms with Crippen LogP contribution in [0.15, 0.2) is 72.8 Å². The first-order valence-electron chi connectivity index (χ1n) is 9.95. The number of nitro benzene ring substituents is 1. The minimum Gasteiger partial charge on any atom is -0.345 e. The molecular weight excluding hydrogens is 392 g/mol. The van der Waals surface area contributed by atoms with E-state index in [1.807, 2.05) is 66.2 Å². The molecule has 4 rings (SSSR count). The summed E-state index contributed by atoms with van der Waals surface area (Å²) in [5.41, 5.74) is 3.72. The Labute approximate surface area is 179 Å². The Bertz CT molecular complexity index is 1260. The van der Waals surface area contributed by atoms with Crippen LogP contribution >= 0.6 is 0 Å². The van der Waals surface area contributed by atoms with Crippen LogP contribution in [0.25, 0.3) is 11.0 Å². The van der Waals surface area contributed by atoms with Gasteiger partial charge in [0.2, 0.25) is 0 Å². The second kappa shape index (κ2) is 8.39. The molecule has 0 bridgehead atoms. The third kappa shape index (κ3) is 4.16. The first-order valence-corrected chi connectivity index (χ1v) is 9.95. The zero-order chi connectivity index (χ0) is 22.0. The summed E-state index contributed by atoms with van der Waals surface area (Å²) in [5, 5.41) is 14.2. The summed E-state index contributed by atoms with van der Waals surface area (Å²) in [7, 11) is 1.97. The molecule has 0 spiro atoms. The van der Waals surface area contributed by atoms with Crippen LogP contribution in [-0.4, -0.2) is 20.4 Å². The molecule has 0 aliphatic carbocycles. The minimum absolute atomic E-state index is 0.00383. The van der Waals surface area contributed by atoms with Crippen molar-refractivity contribution in [1.29, 1.82) is 0 Å². The third-order valence-electron chi connectivity index (χ3n) is 5.43. The van der Waals surface area contributed by atoms with Crippen LogP contribution in [0, 0.1) is 17.0 Å². The van der Waals surface area contributed by atoms with Crippen molar-refractivity contribution in [1.82, 2.24) is 14.9 Å². The van der Waals surface area contributed by atoms with Gasteiger partial charge < -0.3 is 9.88 Å². The van der Waals surface area contributed by atoms with E-state index in [4.69, 9.17) is 4.98 Å². The van der Waals surface area contributed by atoms with E-state index in [0.717, 1.165) is 22.4 Å². The van der Waals surface area contributed by atoms with Gasteiger partial charge in [-0.2, -0.15) is 0 Å². The Morgan fingerprint density at radius 3 is 2.48 bits per heavy atom. The van der Waals surface area contributed by atoms with Crippen LogP contribution in [0.3, 0.4) is 0 Å². The SMILES string of the molecule is Cc1cc(C(=O)NC(Cc2nc3ccccc3n2C)c2ccccc2)ccc1[N+](=O)[O-]. The van der Waals surface area contributed by atoms with E-state index in [0.29, 0.717) is 17.5 Å². The molecule has 0 fully saturated rings. The number of rotatable bonds is 6. The maximum absolute atomic E-state index is 13.0. The predicted molar refractivity (Wildman–Crippen MR) is 119 cm³/mol. The van der Waals surface area contributed by atoms with Gasteiger partial charge in [-0.05, 0) is 36.8 Å². The number of aromatic nitrogens is 2. The Kier molecular flexibility index (Phi) is 5.49. The molecule has 3 aromatic carbocycles. The lowest BCUT2D eigenvalue weighted by Gasteiger charge is -2.19. The van der Waals surface area contributed by atoms with Gasteiger partial charge in [-0.25, -0.2) is 4.98 Å². The van der Waals surface area contributed by atoms with Gasteiger partial charge in [0.15, 0.2) is 0 Å². The molecule has 7 heteroatoms. The molecule has 1 N–H and O–H groups in total. The van der Waals surface area contributed by atoms with Crippen LogP contribution < -0.4 is 5.32 Å². The second-order valence-electron chi connectivity index (χ2n) is 7.47. The van der Waals surface area contributed by atoms with Gasteiger partial charge in [-0.1, -0.05) is 42.5 Å². The van der Waals surface area contributed by atoms with Crippen molar-refractivity contribution >= 4 is 22.6 Å². The lowest BCUT2D eigenvalue weighted by molar-refractivity contribution is -0.385. The van der Waals surface area contributed by atoms with E-state index in [1.54, 1.807) is 13.0 Å². The lowest BCUT2D eigenvalue weighted by atomic mass is 10.0. The summed E-state index contributed by atoms with van der Waals surface area (Å²) in [6, 6.07) is 21.7. The molecule has 4 aromatic rings. The Morgan fingerprint density at radius 2 is 1.81 bits per heavy atom. The van der Waals surface area contributed by atoms with Gasteiger partial charge in [0.05, 0.1) is 22.0 Å². The molecule has 0 radical (unpaired) electrons. The summed E-state index contributed by atoms with van der Waals surface area (Å²) in [6.07, 6.45) is 0.507. The monoisotopic (exact) mass is 414 g/mol. The zero-order valence-electron chi connectivity index (χ0n) is 17.3. The number of hydrogen-bond acceptors (Lipinski definition) is 4. The largest absolute Gasteiger partial charge is 0.345 e. The zero-order valence-corrected chi connectivity index (χ0v) is 17.3. The van der Waals surface area contributed by atoms with E-state index >= 15 is 0 Å². The quantitative estimate of drug-likeness (QED) is 0.371. The molecular formula is C24H22N4O3. The standard InChI is InChI=1S/C24H22N4O3/c1-16-14-18(12-13-21(16)28(30)31)24(29)26-20(17-8-4-3-5-9-17)15-23-25-19-10-6-7-11-22(19)27(23)2/h3-14,20H,15H2,1-2H3,(H,26,29). The number of imidazole rings is 1. The van der Waals surface area contributed by atoms with Crippen LogP contribution in [-0.2, 0) is 13.5 Å². The molecule has 0 aliphatic heterocycles. The molecule has 156 valence electrons. The van der Waals surface area contributed by atoms with E-state index < -0.39 is 4.92 Å². The van der Waals surface area contributed by atoms with Crippen molar-refractivity contribution in [3.63, 3.8) is 0 Å². The average molecular weight is 414 g/mol. The van der Waals surface area contributed by atoms with Crippen LogP contribution in [0.4, 0.5) is 5.69 Å². The fourth-order valence-electron chi connectivity index (χ4n) is 3.74. The van der Waals surface area contributed by atoms with Gasteiger partial charge in [0.1, 0.15) is 5.82 Å². The molecule has 1 heterocycles. The fraction of sp³-hybridized carbons (Fsp3) is 0.167. The maximum atomic E-state index is 13.0. The molecule has 1 atom stereocenters. The Balaban J connectivity index is 1.64. The van der Waals surface area contributed by atoms with Crippen molar-refractivity contribution in [3.8, 4) is 0 Å². The van der Waals surface area contributed by atoms with Crippen LogP contribution in [0.5, 0.6) is 0 Å². The third-order valence-corrected chi connectivity index (χ3v) is 5.43. The number of nitrogens with zero attached hydrogens (tertiary/aromatic N) is 3. The normalized spacial score (nSPS) is 11.9. The Hall–Kier alpha value is -4.00. The van der Waals surface area contributed by atoms with E-state index in [9.17, 15) is 14.9 Å². The number of aryl methyl sites for hydroxylation is 2. The summed E-state index contributed by atoms with van der Waals surface area (Å²) in [4.78, 5) is 28.4. The number of benzene rings is 3. The molecule has 1 unspecified atom stereocenters. The van der Waals surface area contributed by atoms with Gasteiger partial charge in [-0.15, -0.1) is 0 Å². The molecule has 1 aromatic heterocycles. The number of nitrogens with one attached hydrogen (secondary N) is 1. The first-order chi connectivity index (χ1) is 14.9. The van der Waals surface area contributed by atoms with E-state index in [1.165, 1.54) is 12.1 Å². The van der Waals surface area contributed by atoms with Gasteiger partial charge in [0, 0.05) is 30.7 Å². The first kappa shape index (κ1) is 20.3. The number of nitro groups is 1. The Morgan fingerprint density at radius 1 is 1.10 bits per heavy atom. The topological polar surface area (TPSA) is 90.1 Å². The highest BCUT2D eigenvalue weighted by atomic mass is 16.6. The van der Waals surface area contributed by atoms with E-state index in [2.05, 4.69) is 5.32 Å². The molecule has 0 saturated heterocycles. The van der Waals surface area contributed by atoms with Crippen molar-refractivity contribution in [3.05, 3.63) is 105 Å². The average Bonchev–Trinajstić information content (AvgIpc) is 3.09. The predicted octanol–water partition coefficient (Wildman–Crippen LogP) is 4.50. The number of hydrogen-bond donors (Lipinski definition) is 1. The maximum Gasteiger partial charge on any atom is 0.272 e. The summed E-state index contributed by atoms with van der Waals surface area (Å²) in [6.45, 7) is 1.63.